The van der Waals surface area contributed by atoms with Crippen LogP contribution in [0.1, 0.15) is 32.6 Å². The number of halogens is 1. The molecule has 0 amide bonds. The zero-order valence-corrected chi connectivity index (χ0v) is 11.5. The molecule has 2 heteroatoms. The van der Waals surface area contributed by atoms with E-state index in [1.54, 1.807) is 0 Å². The monoisotopic (exact) mass is 281 g/mol. The predicted octanol–water partition coefficient (Wildman–Crippen LogP) is 4.69. The average molecular weight is 282 g/mol. The van der Waals surface area contributed by atoms with E-state index in [1.165, 1.54) is 31.4 Å². The number of hydrogen-bond acceptors (Lipinski definition) is 1. The first kappa shape index (κ1) is 12.0. The quantitative estimate of drug-likeness (QED) is 0.848. The Morgan fingerprint density at radius 2 is 2.25 bits per heavy atom. The molecule has 0 aliphatic heterocycles. The number of anilines is 1. The molecular formula is C14H20BrN. The minimum Gasteiger partial charge on any atom is -0.385 e. The lowest BCUT2D eigenvalue weighted by molar-refractivity contribution is 0.293. The number of benzene rings is 1. The van der Waals surface area contributed by atoms with Crippen molar-refractivity contribution in [3.63, 3.8) is 0 Å². The number of rotatable bonds is 3. The Hall–Kier alpha value is -0.500. The normalized spacial score (nSPS) is 25.4. The van der Waals surface area contributed by atoms with Crippen molar-refractivity contribution in [3.05, 3.63) is 28.7 Å². The van der Waals surface area contributed by atoms with E-state index in [0.29, 0.717) is 0 Å². The molecule has 16 heavy (non-hydrogen) atoms. The molecule has 2 rings (SSSR count). The lowest BCUT2D eigenvalue weighted by Crippen LogP contribution is -2.20. The van der Waals surface area contributed by atoms with E-state index < -0.39 is 0 Å². The van der Waals surface area contributed by atoms with Crippen molar-refractivity contribution in [2.75, 3.05) is 11.9 Å². The number of hydrogen-bond donors (Lipinski definition) is 1. The Morgan fingerprint density at radius 3 is 3.00 bits per heavy atom. The topological polar surface area (TPSA) is 12.0 Å². The van der Waals surface area contributed by atoms with Crippen LogP contribution in [-0.2, 0) is 0 Å². The van der Waals surface area contributed by atoms with Gasteiger partial charge in [-0.1, -0.05) is 41.8 Å². The molecule has 0 bridgehead atoms. The summed E-state index contributed by atoms with van der Waals surface area (Å²) in [5.41, 5.74) is 1.23. The second kappa shape index (κ2) is 5.72. The van der Waals surface area contributed by atoms with E-state index in [9.17, 15) is 0 Å². The van der Waals surface area contributed by atoms with Gasteiger partial charge in [-0.05, 0) is 42.9 Å². The molecule has 0 spiro atoms. The predicted molar refractivity (Wildman–Crippen MR) is 73.8 cm³/mol. The van der Waals surface area contributed by atoms with Crippen LogP contribution in [0.25, 0.3) is 0 Å². The molecular weight excluding hydrogens is 262 g/mol. The summed E-state index contributed by atoms with van der Waals surface area (Å²) >= 11 is 3.50. The first-order valence-corrected chi connectivity index (χ1v) is 7.03. The van der Waals surface area contributed by atoms with Gasteiger partial charge < -0.3 is 5.32 Å². The summed E-state index contributed by atoms with van der Waals surface area (Å²) < 4.78 is 1.15. The lowest BCUT2D eigenvalue weighted by atomic mass is 9.82. The van der Waals surface area contributed by atoms with Crippen molar-refractivity contribution in [2.24, 2.45) is 11.8 Å². The molecule has 2 unspecified atom stereocenters. The van der Waals surface area contributed by atoms with Crippen LogP contribution >= 0.6 is 15.9 Å². The van der Waals surface area contributed by atoms with Gasteiger partial charge in [-0.3, -0.25) is 0 Å². The third-order valence-electron chi connectivity index (χ3n) is 3.46. The lowest BCUT2D eigenvalue weighted by Gasteiger charge is -2.27. The van der Waals surface area contributed by atoms with Gasteiger partial charge in [0.2, 0.25) is 0 Å². The summed E-state index contributed by atoms with van der Waals surface area (Å²) in [6.07, 6.45) is 5.62. The Bertz CT molecular complexity index is 337. The van der Waals surface area contributed by atoms with Crippen LogP contribution in [0.15, 0.2) is 28.7 Å². The van der Waals surface area contributed by atoms with Gasteiger partial charge in [0.05, 0.1) is 0 Å². The van der Waals surface area contributed by atoms with E-state index in [0.717, 1.165) is 22.9 Å². The highest BCUT2D eigenvalue weighted by Crippen LogP contribution is 2.28. The fourth-order valence-corrected chi connectivity index (χ4v) is 3.00. The van der Waals surface area contributed by atoms with Crippen LogP contribution in [0.3, 0.4) is 0 Å². The van der Waals surface area contributed by atoms with E-state index in [4.69, 9.17) is 0 Å². The van der Waals surface area contributed by atoms with Gasteiger partial charge >= 0.3 is 0 Å². The van der Waals surface area contributed by atoms with Crippen molar-refractivity contribution in [3.8, 4) is 0 Å². The van der Waals surface area contributed by atoms with Crippen LogP contribution in [0.2, 0.25) is 0 Å². The van der Waals surface area contributed by atoms with Gasteiger partial charge in [0.25, 0.3) is 0 Å². The van der Waals surface area contributed by atoms with Crippen LogP contribution in [0.5, 0.6) is 0 Å². The van der Waals surface area contributed by atoms with E-state index >= 15 is 0 Å². The van der Waals surface area contributed by atoms with Crippen molar-refractivity contribution >= 4 is 21.6 Å². The summed E-state index contributed by atoms with van der Waals surface area (Å²) in [7, 11) is 0. The van der Waals surface area contributed by atoms with Crippen molar-refractivity contribution in [2.45, 2.75) is 32.6 Å². The van der Waals surface area contributed by atoms with Crippen LogP contribution < -0.4 is 5.32 Å². The standard InChI is InChI=1S/C14H20BrN/c1-11-4-2-5-12(8-11)10-16-14-7-3-6-13(15)9-14/h3,6-7,9,11-12,16H,2,4-5,8,10H2,1H3. The molecule has 1 aromatic rings. The molecule has 0 aromatic heterocycles. The fraction of sp³-hybridized carbons (Fsp3) is 0.571. The van der Waals surface area contributed by atoms with Gasteiger partial charge in [0.15, 0.2) is 0 Å². The second-order valence-electron chi connectivity index (χ2n) is 5.03. The van der Waals surface area contributed by atoms with Crippen molar-refractivity contribution in [1.82, 2.24) is 0 Å². The Labute approximate surface area is 107 Å². The molecule has 1 aliphatic rings. The Kier molecular flexibility index (Phi) is 4.28. The summed E-state index contributed by atoms with van der Waals surface area (Å²) in [5.74, 6) is 1.78. The van der Waals surface area contributed by atoms with Crippen molar-refractivity contribution < 1.29 is 0 Å². The summed E-state index contributed by atoms with van der Waals surface area (Å²) in [6.45, 7) is 3.51. The first-order valence-electron chi connectivity index (χ1n) is 6.23. The maximum absolute atomic E-state index is 3.55. The number of nitrogens with one attached hydrogen (secondary N) is 1. The van der Waals surface area contributed by atoms with E-state index in [-0.39, 0.29) is 0 Å². The van der Waals surface area contributed by atoms with Crippen LogP contribution in [0.4, 0.5) is 5.69 Å². The minimum atomic E-state index is 0.864. The average Bonchev–Trinajstić information content (AvgIpc) is 2.27. The second-order valence-corrected chi connectivity index (χ2v) is 5.94. The smallest absolute Gasteiger partial charge is 0.0351 e. The molecule has 1 aromatic carbocycles. The maximum atomic E-state index is 3.55. The van der Waals surface area contributed by atoms with E-state index in [1.807, 2.05) is 0 Å². The largest absolute Gasteiger partial charge is 0.385 e. The van der Waals surface area contributed by atoms with Gasteiger partial charge in [-0.15, -0.1) is 0 Å². The minimum absolute atomic E-state index is 0.864. The zero-order valence-electron chi connectivity index (χ0n) is 9.88. The van der Waals surface area contributed by atoms with Gasteiger partial charge in [-0.25, -0.2) is 0 Å². The van der Waals surface area contributed by atoms with Crippen molar-refractivity contribution in [1.29, 1.82) is 0 Å². The molecule has 0 radical (unpaired) electrons. The van der Waals surface area contributed by atoms with Gasteiger partial charge in [0, 0.05) is 16.7 Å². The van der Waals surface area contributed by atoms with Gasteiger partial charge in [0.1, 0.15) is 0 Å². The highest BCUT2D eigenvalue weighted by molar-refractivity contribution is 9.10. The Balaban J connectivity index is 1.82. The molecule has 0 heterocycles. The molecule has 1 N–H and O–H groups in total. The third-order valence-corrected chi connectivity index (χ3v) is 3.96. The molecule has 2 atom stereocenters. The van der Waals surface area contributed by atoms with Crippen LogP contribution in [0, 0.1) is 11.8 Å². The molecule has 1 fully saturated rings. The molecule has 1 saturated carbocycles. The van der Waals surface area contributed by atoms with E-state index in [2.05, 4.69) is 52.4 Å². The maximum Gasteiger partial charge on any atom is 0.0351 e. The summed E-state index contributed by atoms with van der Waals surface area (Å²) in [4.78, 5) is 0. The third kappa shape index (κ3) is 3.51. The Morgan fingerprint density at radius 1 is 1.38 bits per heavy atom. The highest BCUT2D eigenvalue weighted by Gasteiger charge is 2.18. The van der Waals surface area contributed by atoms with Crippen LogP contribution in [-0.4, -0.2) is 6.54 Å². The van der Waals surface area contributed by atoms with Gasteiger partial charge in [-0.2, -0.15) is 0 Å². The zero-order chi connectivity index (χ0) is 11.4. The first-order chi connectivity index (χ1) is 7.74. The molecule has 1 aliphatic carbocycles. The molecule has 88 valence electrons. The summed E-state index contributed by atoms with van der Waals surface area (Å²) in [5, 5.41) is 3.55. The summed E-state index contributed by atoms with van der Waals surface area (Å²) in [6, 6.07) is 8.42. The molecule has 1 nitrogen and oxygen atoms in total. The molecule has 0 saturated heterocycles. The fourth-order valence-electron chi connectivity index (χ4n) is 2.61. The SMILES string of the molecule is CC1CCCC(CNc2cccc(Br)c2)C1. The highest BCUT2D eigenvalue weighted by atomic mass is 79.9.